The second-order valence-corrected chi connectivity index (χ2v) is 11.3. The summed E-state index contributed by atoms with van der Waals surface area (Å²) in [6, 6.07) is 24.0. The van der Waals surface area contributed by atoms with Crippen LogP contribution >= 0.6 is 0 Å². The maximum absolute atomic E-state index is 13.9. The van der Waals surface area contributed by atoms with Crippen LogP contribution in [0.25, 0.3) is 0 Å². The summed E-state index contributed by atoms with van der Waals surface area (Å²) in [5.74, 6) is -0.720. The molecule has 0 aliphatic rings. The lowest BCUT2D eigenvalue weighted by Crippen LogP contribution is -2.53. The van der Waals surface area contributed by atoms with Crippen LogP contribution in [0.1, 0.15) is 38.3 Å². The van der Waals surface area contributed by atoms with E-state index < -0.39 is 28.5 Å². The second-order valence-electron chi connectivity index (χ2n) is 9.48. The molecular weight excluding hydrogens is 498 g/mol. The van der Waals surface area contributed by atoms with Gasteiger partial charge in [0.2, 0.25) is 11.8 Å². The average Bonchev–Trinajstić information content (AvgIpc) is 2.92. The molecule has 0 aliphatic carbocycles. The third kappa shape index (κ3) is 7.44. The van der Waals surface area contributed by atoms with Crippen molar-refractivity contribution >= 4 is 27.5 Å². The van der Waals surface area contributed by atoms with Crippen LogP contribution in [0.2, 0.25) is 0 Å². The van der Waals surface area contributed by atoms with Crippen LogP contribution < -0.4 is 9.62 Å². The number of carbonyl (C=O) groups excluding carboxylic acids is 2. The van der Waals surface area contributed by atoms with E-state index in [4.69, 9.17) is 0 Å². The van der Waals surface area contributed by atoms with Crippen molar-refractivity contribution in [1.82, 2.24) is 10.2 Å². The van der Waals surface area contributed by atoms with E-state index in [1.807, 2.05) is 57.2 Å². The Morgan fingerprint density at radius 1 is 0.895 bits per heavy atom. The lowest BCUT2D eigenvalue weighted by molar-refractivity contribution is -0.139. The van der Waals surface area contributed by atoms with Gasteiger partial charge in [-0.25, -0.2) is 8.42 Å². The molecule has 1 N–H and O–H groups in total. The van der Waals surface area contributed by atoms with Gasteiger partial charge in [-0.15, -0.1) is 0 Å². The van der Waals surface area contributed by atoms with E-state index in [1.165, 1.54) is 17.0 Å². The van der Waals surface area contributed by atoms with Gasteiger partial charge >= 0.3 is 0 Å². The number of nitrogens with zero attached hydrogens (tertiary/aromatic N) is 2. The van der Waals surface area contributed by atoms with E-state index in [2.05, 4.69) is 5.32 Å². The number of anilines is 1. The van der Waals surface area contributed by atoms with Gasteiger partial charge in [-0.3, -0.25) is 13.9 Å². The lowest BCUT2D eigenvalue weighted by Gasteiger charge is -2.32. The molecule has 3 aromatic carbocycles. The van der Waals surface area contributed by atoms with E-state index in [-0.39, 0.29) is 23.4 Å². The molecule has 0 aromatic heterocycles. The summed E-state index contributed by atoms with van der Waals surface area (Å²) >= 11 is 0. The molecule has 0 heterocycles. The maximum Gasteiger partial charge on any atom is 0.264 e. The summed E-state index contributed by atoms with van der Waals surface area (Å²) in [5.41, 5.74) is 2.28. The van der Waals surface area contributed by atoms with E-state index in [0.717, 1.165) is 21.9 Å². The summed E-state index contributed by atoms with van der Waals surface area (Å²) in [6.07, 6.45) is 1.29. The van der Waals surface area contributed by atoms with Gasteiger partial charge < -0.3 is 10.2 Å². The highest BCUT2D eigenvalue weighted by Gasteiger charge is 2.32. The molecule has 38 heavy (non-hydrogen) atoms. The molecular formula is C30H37N3O4S. The Kier molecular flexibility index (Phi) is 10.1. The fraction of sp³-hybridized carbons (Fsp3) is 0.333. The first-order valence-corrected chi connectivity index (χ1v) is 14.4. The molecule has 0 bridgehead atoms. The van der Waals surface area contributed by atoms with E-state index in [1.54, 1.807) is 43.3 Å². The summed E-state index contributed by atoms with van der Waals surface area (Å²) in [6.45, 7) is 7.27. The first-order chi connectivity index (χ1) is 18.1. The third-order valence-electron chi connectivity index (χ3n) is 6.55. The highest BCUT2D eigenvalue weighted by molar-refractivity contribution is 7.92. The molecule has 0 radical (unpaired) electrons. The molecule has 0 spiro atoms. The first-order valence-electron chi connectivity index (χ1n) is 12.9. The number of amides is 2. The van der Waals surface area contributed by atoms with Crippen molar-refractivity contribution < 1.29 is 18.0 Å². The number of sulfonamides is 1. The molecule has 8 heteroatoms. The highest BCUT2D eigenvalue weighted by Crippen LogP contribution is 2.25. The predicted molar refractivity (Wildman–Crippen MR) is 151 cm³/mol. The number of hydrogen-bond acceptors (Lipinski definition) is 4. The minimum atomic E-state index is -4.05. The van der Waals surface area contributed by atoms with E-state index in [0.29, 0.717) is 12.1 Å². The summed E-state index contributed by atoms with van der Waals surface area (Å²) in [4.78, 5) is 28.5. The number of hydrogen-bond donors (Lipinski definition) is 1. The van der Waals surface area contributed by atoms with Gasteiger partial charge in [0.05, 0.1) is 10.6 Å². The molecule has 3 rings (SSSR count). The van der Waals surface area contributed by atoms with Crippen LogP contribution in [0.3, 0.4) is 0 Å². The largest absolute Gasteiger partial charge is 0.352 e. The predicted octanol–water partition coefficient (Wildman–Crippen LogP) is 4.56. The molecule has 2 atom stereocenters. The Balaban J connectivity index is 1.96. The number of rotatable bonds is 12. The van der Waals surface area contributed by atoms with Crippen molar-refractivity contribution in [2.75, 3.05) is 17.4 Å². The Morgan fingerprint density at radius 3 is 2.13 bits per heavy atom. The van der Waals surface area contributed by atoms with Gasteiger partial charge in [0.25, 0.3) is 10.0 Å². The monoisotopic (exact) mass is 535 g/mol. The van der Waals surface area contributed by atoms with Gasteiger partial charge in [-0.2, -0.15) is 0 Å². The van der Waals surface area contributed by atoms with Crippen LogP contribution in [-0.2, 0) is 26.0 Å². The second kappa shape index (κ2) is 13.2. The molecule has 0 fully saturated rings. The van der Waals surface area contributed by atoms with Crippen molar-refractivity contribution in [3.05, 3.63) is 96.1 Å². The Labute approximate surface area is 226 Å². The standard InChI is InChI=1S/C30H37N3O4S/c1-5-24(3)31-30(35)25(4)32(20-19-26-14-8-6-9-15-26)29(34)22-33(27-16-12-13-23(2)21-27)38(36,37)28-17-10-7-11-18-28/h6-18,21,24-25H,5,19-20,22H2,1-4H3,(H,31,35)/t24-,25-/m1/s1. The molecule has 2 amide bonds. The maximum atomic E-state index is 13.9. The molecule has 7 nitrogen and oxygen atoms in total. The lowest BCUT2D eigenvalue weighted by atomic mass is 10.1. The topological polar surface area (TPSA) is 86.8 Å². The van der Waals surface area contributed by atoms with Crippen LogP contribution in [0.5, 0.6) is 0 Å². The van der Waals surface area contributed by atoms with Crippen LogP contribution in [0, 0.1) is 6.92 Å². The number of nitrogens with one attached hydrogen (secondary N) is 1. The van der Waals surface area contributed by atoms with Crippen LogP contribution in [0.4, 0.5) is 5.69 Å². The zero-order chi connectivity index (χ0) is 27.7. The fourth-order valence-electron chi connectivity index (χ4n) is 4.07. The number of carbonyl (C=O) groups is 2. The summed E-state index contributed by atoms with van der Waals surface area (Å²) in [7, 11) is -4.05. The normalized spacial score (nSPS) is 12.8. The number of aryl methyl sites for hydroxylation is 1. The van der Waals surface area contributed by atoms with Gasteiger partial charge in [-0.05, 0) is 69.0 Å². The van der Waals surface area contributed by atoms with Crippen molar-refractivity contribution in [1.29, 1.82) is 0 Å². The van der Waals surface area contributed by atoms with Crippen molar-refractivity contribution in [3.63, 3.8) is 0 Å². The zero-order valence-corrected chi connectivity index (χ0v) is 23.3. The Morgan fingerprint density at radius 2 is 1.53 bits per heavy atom. The average molecular weight is 536 g/mol. The minimum Gasteiger partial charge on any atom is -0.352 e. The molecule has 202 valence electrons. The van der Waals surface area contributed by atoms with Gasteiger partial charge in [-0.1, -0.05) is 67.6 Å². The third-order valence-corrected chi connectivity index (χ3v) is 8.34. The van der Waals surface area contributed by atoms with Crippen LogP contribution in [0.15, 0.2) is 89.8 Å². The Bertz CT molecular complexity index is 1310. The molecule has 3 aromatic rings. The fourth-order valence-corrected chi connectivity index (χ4v) is 5.49. The molecule has 0 saturated heterocycles. The van der Waals surface area contributed by atoms with Crippen molar-refractivity contribution in [3.8, 4) is 0 Å². The van der Waals surface area contributed by atoms with Crippen molar-refractivity contribution in [2.45, 2.75) is 57.5 Å². The highest BCUT2D eigenvalue weighted by atomic mass is 32.2. The van der Waals surface area contributed by atoms with Crippen LogP contribution in [-0.4, -0.2) is 50.3 Å². The zero-order valence-electron chi connectivity index (χ0n) is 22.5. The molecule has 0 unspecified atom stereocenters. The van der Waals surface area contributed by atoms with E-state index >= 15 is 0 Å². The SMILES string of the molecule is CC[C@@H](C)NC(=O)[C@@H](C)N(CCc1ccccc1)C(=O)CN(c1cccc(C)c1)S(=O)(=O)c1ccccc1. The molecule has 0 saturated carbocycles. The minimum absolute atomic E-state index is 0.0433. The summed E-state index contributed by atoms with van der Waals surface area (Å²) in [5, 5.41) is 2.95. The van der Waals surface area contributed by atoms with Gasteiger partial charge in [0.15, 0.2) is 0 Å². The smallest absolute Gasteiger partial charge is 0.264 e. The quantitative estimate of drug-likeness (QED) is 0.368. The van der Waals surface area contributed by atoms with Crippen molar-refractivity contribution in [2.24, 2.45) is 0 Å². The summed E-state index contributed by atoms with van der Waals surface area (Å²) < 4.78 is 28.6. The Hall–Kier alpha value is -3.65. The molecule has 0 aliphatic heterocycles. The first kappa shape index (κ1) is 28.9. The number of benzene rings is 3. The van der Waals surface area contributed by atoms with E-state index in [9.17, 15) is 18.0 Å². The van der Waals surface area contributed by atoms with Gasteiger partial charge in [0, 0.05) is 12.6 Å². The van der Waals surface area contributed by atoms with Gasteiger partial charge in [0.1, 0.15) is 12.6 Å².